The summed E-state index contributed by atoms with van der Waals surface area (Å²) in [6, 6.07) is 7.45. The van der Waals surface area contributed by atoms with Gasteiger partial charge in [-0.05, 0) is 36.2 Å². The van der Waals surface area contributed by atoms with Gasteiger partial charge in [0, 0.05) is 44.3 Å². The van der Waals surface area contributed by atoms with Crippen LogP contribution in [0.15, 0.2) is 49.1 Å². The lowest BCUT2D eigenvalue weighted by Gasteiger charge is -2.25. The Balaban J connectivity index is 0.000000301. The fourth-order valence-corrected chi connectivity index (χ4v) is 3.73. The van der Waals surface area contributed by atoms with Gasteiger partial charge < -0.3 is 20.0 Å². The summed E-state index contributed by atoms with van der Waals surface area (Å²) in [6.45, 7) is 1.26. The highest BCUT2D eigenvalue weighted by molar-refractivity contribution is 5.95. The van der Waals surface area contributed by atoms with Crippen LogP contribution >= 0.6 is 0 Å². The van der Waals surface area contributed by atoms with Gasteiger partial charge in [-0.25, -0.2) is 9.59 Å². The third-order valence-electron chi connectivity index (χ3n) is 5.37. The number of carbonyl (C=O) groups excluding carboxylic acids is 2. The maximum Gasteiger partial charge on any atom is 0.490 e. The molecule has 2 fully saturated rings. The van der Waals surface area contributed by atoms with Crippen LogP contribution in [-0.2, 0) is 20.9 Å². The fourth-order valence-electron chi connectivity index (χ4n) is 3.73. The minimum absolute atomic E-state index is 0.0332. The molecule has 16 heteroatoms. The number of carboxylic acids is 2. The molecule has 38 heavy (non-hydrogen) atoms. The minimum Gasteiger partial charge on any atom is -0.475 e. The van der Waals surface area contributed by atoms with Crippen molar-refractivity contribution in [1.82, 2.24) is 19.8 Å². The summed E-state index contributed by atoms with van der Waals surface area (Å²) >= 11 is 0. The lowest BCUT2D eigenvalue weighted by molar-refractivity contribution is -0.193. The van der Waals surface area contributed by atoms with Crippen molar-refractivity contribution in [2.45, 2.75) is 43.8 Å². The molecule has 0 aromatic carbocycles. The smallest absolute Gasteiger partial charge is 0.475 e. The van der Waals surface area contributed by atoms with Crippen molar-refractivity contribution < 1.29 is 55.7 Å². The molecular weight excluding hydrogens is 530 g/mol. The van der Waals surface area contributed by atoms with Crippen molar-refractivity contribution in [2.24, 2.45) is 0 Å². The average molecular weight is 550 g/mol. The molecule has 2 atom stereocenters. The Morgan fingerprint density at radius 3 is 1.92 bits per heavy atom. The average Bonchev–Trinajstić information content (AvgIpc) is 3.38. The Labute approximate surface area is 210 Å². The van der Waals surface area contributed by atoms with E-state index in [9.17, 15) is 35.9 Å². The number of aliphatic carboxylic acids is 2. The third-order valence-corrected chi connectivity index (χ3v) is 5.37. The van der Waals surface area contributed by atoms with Crippen molar-refractivity contribution in [1.29, 1.82) is 0 Å². The Hall–Kier alpha value is -4.24. The molecule has 4 rings (SSSR count). The standard InChI is InChI=1S/C18H18N4O2.2C2HF3O2/c23-17-10-16-15(22(17)12-13-3-7-19-8-4-13)5-9-21(16)18(24)14-2-1-6-20-11-14;2*3-2(4,5)1(6)7/h1-4,6-8,11,15-16H,5,9-10,12H2;2*(H,6,7)/t15-,16+;;/m0../s1. The molecular formula is C22H20F6N4O6. The van der Waals surface area contributed by atoms with Gasteiger partial charge in [-0.15, -0.1) is 0 Å². The van der Waals surface area contributed by atoms with Crippen LogP contribution < -0.4 is 0 Å². The Bertz CT molecular complexity index is 1110. The second kappa shape index (κ2) is 12.3. The van der Waals surface area contributed by atoms with Crippen molar-refractivity contribution >= 4 is 23.8 Å². The molecule has 2 aliphatic heterocycles. The molecule has 0 bridgehead atoms. The molecule has 2 aliphatic rings. The van der Waals surface area contributed by atoms with Crippen molar-refractivity contribution in [3.63, 3.8) is 0 Å². The molecule has 2 saturated heterocycles. The van der Waals surface area contributed by atoms with E-state index in [-0.39, 0.29) is 23.9 Å². The first kappa shape index (κ1) is 30.0. The number of fused-ring (bicyclic) bond motifs is 1. The predicted molar refractivity (Wildman–Crippen MR) is 114 cm³/mol. The first-order valence-electron chi connectivity index (χ1n) is 10.6. The number of likely N-dealkylation sites (tertiary alicyclic amines) is 2. The SMILES string of the molecule is O=C(O)C(F)(F)F.O=C(O)C(F)(F)F.O=C(c1cccnc1)N1CC[C@H]2[C@H]1CC(=O)N2Cc1ccncc1. The molecule has 2 N–H and O–H groups in total. The predicted octanol–water partition coefficient (Wildman–Crippen LogP) is 2.76. The van der Waals surface area contributed by atoms with Gasteiger partial charge in [-0.1, -0.05) is 0 Å². The van der Waals surface area contributed by atoms with E-state index >= 15 is 0 Å². The van der Waals surface area contributed by atoms with E-state index in [1.165, 1.54) is 0 Å². The summed E-state index contributed by atoms with van der Waals surface area (Å²) < 4.78 is 63.5. The summed E-state index contributed by atoms with van der Waals surface area (Å²) in [7, 11) is 0. The van der Waals surface area contributed by atoms with Crippen LogP contribution in [0.25, 0.3) is 0 Å². The van der Waals surface area contributed by atoms with Crippen LogP contribution in [0.2, 0.25) is 0 Å². The number of alkyl halides is 6. The van der Waals surface area contributed by atoms with Gasteiger partial charge in [0.2, 0.25) is 5.91 Å². The normalized spacial score (nSPS) is 18.5. The van der Waals surface area contributed by atoms with E-state index in [4.69, 9.17) is 19.8 Å². The fraction of sp³-hybridized carbons (Fsp3) is 0.364. The van der Waals surface area contributed by atoms with E-state index in [2.05, 4.69) is 9.97 Å². The van der Waals surface area contributed by atoms with Crippen LogP contribution in [0.1, 0.15) is 28.8 Å². The van der Waals surface area contributed by atoms with E-state index in [0.29, 0.717) is 25.1 Å². The molecule has 0 unspecified atom stereocenters. The number of nitrogens with zero attached hydrogens (tertiary/aromatic N) is 4. The van der Waals surface area contributed by atoms with Crippen molar-refractivity contribution in [2.75, 3.05) is 6.54 Å². The molecule has 0 aliphatic carbocycles. The number of hydrogen-bond donors (Lipinski definition) is 2. The number of amides is 2. The van der Waals surface area contributed by atoms with Gasteiger partial charge in [0.05, 0.1) is 17.6 Å². The van der Waals surface area contributed by atoms with Crippen molar-refractivity contribution in [3.8, 4) is 0 Å². The van der Waals surface area contributed by atoms with Gasteiger partial charge in [0.25, 0.3) is 5.91 Å². The lowest BCUT2D eigenvalue weighted by atomic mass is 10.1. The van der Waals surface area contributed by atoms with Crippen LogP contribution in [-0.4, -0.2) is 84.7 Å². The number of halogens is 6. The Morgan fingerprint density at radius 1 is 0.895 bits per heavy atom. The monoisotopic (exact) mass is 550 g/mol. The van der Waals surface area contributed by atoms with Gasteiger partial charge in [0.15, 0.2) is 0 Å². The maximum atomic E-state index is 12.7. The lowest BCUT2D eigenvalue weighted by Crippen LogP contribution is -2.39. The zero-order chi connectivity index (χ0) is 28.7. The highest BCUT2D eigenvalue weighted by atomic mass is 19.4. The zero-order valence-electron chi connectivity index (χ0n) is 19.2. The highest BCUT2D eigenvalue weighted by Crippen LogP contribution is 2.34. The first-order chi connectivity index (χ1) is 17.6. The highest BCUT2D eigenvalue weighted by Gasteiger charge is 2.48. The summed E-state index contributed by atoms with van der Waals surface area (Å²) in [5, 5.41) is 14.2. The number of carboxylic acid groups (broad SMARTS) is 2. The number of rotatable bonds is 3. The maximum absolute atomic E-state index is 12.7. The molecule has 2 amide bonds. The van der Waals surface area contributed by atoms with E-state index < -0.39 is 24.3 Å². The molecule has 0 saturated carbocycles. The van der Waals surface area contributed by atoms with Crippen LogP contribution in [0.5, 0.6) is 0 Å². The topological polar surface area (TPSA) is 141 Å². The second-order valence-electron chi connectivity index (χ2n) is 7.85. The van der Waals surface area contributed by atoms with E-state index in [0.717, 1.165) is 12.0 Å². The Morgan fingerprint density at radius 2 is 1.45 bits per heavy atom. The second-order valence-corrected chi connectivity index (χ2v) is 7.85. The molecule has 10 nitrogen and oxygen atoms in total. The molecule has 2 aromatic rings. The first-order valence-corrected chi connectivity index (χ1v) is 10.6. The molecule has 2 aromatic heterocycles. The van der Waals surface area contributed by atoms with Crippen LogP contribution in [0, 0.1) is 0 Å². The van der Waals surface area contributed by atoms with Crippen LogP contribution in [0.4, 0.5) is 26.3 Å². The van der Waals surface area contributed by atoms with Crippen molar-refractivity contribution in [3.05, 3.63) is 60.2 Å². The quantitative estimate of drug-likeness (QED) is 0.556. The van der Waals surface area contributed by atoms with E-state index in [1.54, 1.807) is 36.9 Å². The third kappa shape index (κ3) is 8.14. The van der Waals surface area contributed by atoms with E-state index in [1.807, 2.05) is 21.9 Å². The molecule has 4 heterocycles. The van der Waals surface area contributed by atoms with Gasteiger partial charge in [-0.3, -0.25) is 19.6 Å². The largest absolute Gasteiger partial charge is 0.490 e. The summed E-state index contributed by atoms with van der Waals surface area (Å²) in [4.78, 5) is 54.7. The van der Waals surface area contributed by atoms with Gasteiger partial charge >= 0.3 is 24.3 Å². The summed E-state index contributed by atoms with van der Waals surface area (Å²) in [5.41, 5.74) is 1.65. The number of carbonyl (C=O) groups is 4. The number of aromatic nitrogens is 2. The summed E-state index contributed by atoms with van der Waals surface area (Å²) in [6.07, 6.45) is -2.23. The Kier molecular flexibility index (Phi) is 9.73. The number of pyridine rings is 2. The molecule has 206 valence electrons. The van der Waals surface area contributed by atoms with Crippen LogP contribution in [0.3, 0.4) is 0 Å². The number of hydrogen-bond acceptors (Lipinski definition) is 6. The summed E-state index contributed by atoms with van der Waals surface area (Å²) in [5.74, 6) is -5.43. The molecule has 0 spiro atoms. The van der Waals surface area contributed by atoms with Gasteiger partial charge in [0.1, 0.15) is 0 Å². The zero-order valence-corrected chi connectivity index (χ0v) is 19.2. The molecule has 0 radical (unpaired) electrons. The van der Waals surface area contributed by atoms with Gasteiger partial charge in [-0.2, -0.15) is 26.3 Å². The minimum atomic E-state index is -5.08.